The van der Waals surface area contributed by atoms with Gasteiger partial charge in [0.05, 0.1) is 6.20 Å². The zero-order chi connectivity index (χ0) is 12.5. The van der Waals surface area contributed by atoms with Gasteiger partial charge in [-0.25, -0.2) is 9.97 Å². The summed E-state index contributed by atoms with van der Waals surface area (Å²) in [6.07, 6.45) is 10.6. The van der Waals surface area contributed by atoms with Crippen molar-refractivity contribution < 1.29 is 0 Å². The van der Waals surface area contributed by atoms with Crippen LogP contribution in [0.4, 0.5) is 11.6 Å². The first-order valence-electron chi connectivity index (χ1n) is 6.60. The third kappa shape index (κ3) is 2.00. The highest BCUT2D eigenvalue weighted by Crippen LogP contribution is 2.27. The van der Waals surface area contributed by atoms with Gasteiger partial charge in [0.1, 0.15) is 5.82 Å². The van der Waals surface area contributed by atoms with Gasteiger partial charge in [-0.3, -0.25) is 0 Å². The number of rotatable bonds is 2. The Morgan fingerprint density at radius 2 is 2.22 bits per heavy atom. The molecule has 2 heterocycles. The molecule has 18 heavy (non-hydrogen) atoms. The summed E-state index contributed by atoms with van der Waals surface area (Å²) in [5, 5.41) is 3.53. The molecule has 5 nitrogen and oxygen atoms in total. The van der Waals surface area contributed by atoms with Crippen molar-refractivity contribution in [3.8, 4) is 0 Å². The average Bonchev–Trinajstić information content (AvgIpc) is 2.80. The maximum absolute atomic E-state index is 5.82. The summed E-state index contributed by atoms with van der Waals surface area (Å²) in [7, 11) is 0. The normalized spacial score (nSPS) is 24.3. The third-order valence-electron chi connectivity index (χ3n) is 3.83. The van der Waals surface area contributed by atoms with E-state index in [-0.39, 0.29) is 0 Å². The largest absolute Gasteiger partial charge is 0.382 e. The molecule has 5 heteroatoms. The number of anilines is 2. The van der Waals surface area contributed by atoms with Crippen LogP contribution < -0.4 is 11.1 Å². The standard InChI is InChI=1S/C13H19N5/c1-9-4-2-3-5-10(9)16-12-13-15-6-7-18(13)8-11(14)17-12/h6-10H,2-5,14H2,1H3,(H,16,17). The minimum Gasteiger partial charge on any atom is -0.382 e. The van der Waals surface area contributed by atoms with Crippen molar-refractivity contribution in [2.24, 2.45) is 5.92 Å². The van der Waals surface area contributed by atoms with Crippen LogP contribution in [-0.2, 0) is 0 Å². The van der Waals surface area contributed by atoms with E-state index < -0.39 is 0 Å². The van der Waals surface area contributed by atoms with E-state index in [9.17, 15) is 0 Å². The van der Waals surface area contributed by atoms with Crippen molar-refractivity contribution in [3.63, 3.8) is 0 Å². The quantitative estimate of drug-likeness (QED) is 0.852. The van der Waals surface area contributed by atoms with E-state index in [4.69, 9.17) is 5.73 Å². The van der Waals surface area contributed by atoms with Crippen LogP contribution in [0.1, 0.15) is 32.6 Å². The Balaban J connectivity index is 1.91. The molecule has 96 valence electrons. The zero-order valence-electron chi connectivity index (χ0n) is 10.6. The van der Waals surface area contributed by atoms with Crippen LogP contribution in [0.5, 0.6) is 0 Å². The zero-order valence-corrected chi connectivity index (χ0v) is 10.6. The smallest absolute Gasteiger partial charge is 0.180 e. The number of hydrogen-bond acceptors (Lipinski definition) is 4. The van der Waals surface area contributed by atoms with Gasteiger partial charge < -0.3 is 15.5 Å². The maximum atomic E-state index is 5.82. The van der Waals surface area contributed by atoms with Gasteiger partial charge in [0.25, 0.3) is 0 Å². The second kappa shape index (κ2) is 4.48. The van der Waals surface area contributed by atoms with Crippen molar-refractivity contribution >= 4 is 17.3 Å². The summed E-state index contributed by atoms with van der Waals surface area (Å²) < 4.78 is 1.91. The van der Waals surface area contributed by atoms with E-state index in [1.165, 1.54) is 25.7 Å². The van der Waals surface area contributed by atoms with Crippen molar-refractivity contribution in [3.05, 3.63) is 18.6 Å². The molecule has 0 aliphatic heterocycles. The number of fused-ring (bicyclic) bond motifs is 1. The lowest BCUT2D eigenvalue weighted by molar-refractivity contribution is 0.349. The topological polar surface area (TPSA) is 68.2 Å². The molecule has 1 aliphatic carbocycles. The van der Waals surface area contributed by atoms with Crippen molar-refractivity contribution in [1.82, 2.24) is 14.4 Å². The molecule has 2 aromatic rings. The molecule has 0 bridgehead atoms. The van der Waals surface area contributed by atoms with Crippen molar-refractivity contribution in [2.45, 2.75) is 38.6 Å². The molecule has 0 aromatic carbocycles. The summed E-state index contributed by atoms with van der Waals surface area (Å²) in [6, 6.07) is 0.480. The fourth-order valence-electron chi connectivity index (χ4n) is 2.75. The molecule has 2 atom stereocenters. The Bertz CT molecular complexity index is 547. The van der Waals surface area contributed by atoms with Crippen LogP contribution >= 0.6 is 0 Å². The lowest BCUT2D eigenvalue weighted by Crippen LogP contribution is -2.31. The molecule has 1 fully saturated rings. The van der Waals surface area contributed by atoms with Crippen LogP contribution in [0.15, 0.2) is 18.6 Å². The molecule has 1 saturated carbocycles. The predicted octanol–water partition coefficient (Wildman–Crippen LogP) is 2.30. The first-order chi connectivity index (χ1) is 8.74. The number of nitrogen functional groups attached to an aromatic ring is 1. The average molecular weight is 245 g/mol. The summed E-state index contributed by atoms with van der Waals surface area (Å²) >= 11 is 0. The number of nitrogens with zero attached hydrogens (tertiary/aromatic N) is 3. The van der Waals surface area contributed by atoms with E-state index in [0.717, 1.165) is 11.5 Å². The Labute approximate surface area is 106 Å². The molecule has 0 radical (unpaired) electrons. The lowest BCUT2D eigenvalue weighted by Gasteiger charge is -2.30. The third-order valence-corrected chi connectivity index (χ3v) is 3.83. The van der Waals surface area contributed by atoms with Crippen molar-refractivity contribution in [1.29, 1.82) is 0 Å². The monoisotopic (exact) mass is 245 g/mol. The highest BCUT2D eigenvalue weighted by Gasteiger charge is 2.22. The van der Waals surface area contributed by atoms with Gasteiger partial charge in [0, 0.05) is 18.4 Å². The van der Waals surface area contributed by atoms with Crippen LogP contribution in [-0.4, -0.2) is 20.4 Å². The molecule has 3 N–H and O–H groups in total. The van der Waals surface area contributed by atoms with Gasteiger partial charge >= 0.3 is 0 Å². The second-order valence-electron chi connectivity index (χ2n) is 5.19. The number of nitrogens with one attached hydrogen (secondary N) is 1. The summed E-state index contributed by atoms with van der Waals surface area (Å²) in [6.45, 7) is 2.30. The first kappa shape index (κ1) is 11.3. The highest BCUT2D eigenvalue weighted by atomic mass is 15.1. The Hall–Kier alpha value is -1.78. The Morgan fingerprint density at radius 1 is 1.39 bits per heavy atom. The van der Waals surface area contributed by atoms with Crippen LogP contribution in [0.25, 0.3) is 5.65 Å². The second-order valence-corrected chi connectivity index (χ2v) is 5.19. The molecule has 2 aromatic heterocycles. The number of nitrogens with two attached hydrogens (primary N) is 1. The van der Waals surface area contributed by atoms with E-state index in [2.05, 4.69) is 22.2 Å². The van der Waals surface area contributed by atoms with E-state index in [1.54, 1.807) is 12.4 Å². The van der Waals surface area contributed by atoms with E-state index in [1.807, 2.05) is 10.6 Å². The van der Waals surface area contributed by atoms with Gasteiger partial charge in [-0.1, -0.05) is 19.8 Å². The van der Waals surface area contributed by atoms with Gasteiger partial charge in [-0.15, -0.1) is 0 Å². The van der Waals surface area contributed by atoms with E-state index >= 15 is 0 Å². The van der Waals surface area contributed by atoms with Crippen LogP contribution in [0.3, 0.4) is 0 Å². The molecular weight excluding hydrogens is 226 g/mol. The molecule has 0 spiro atoms. The summed E-state index contributed by atoms with van der Waals surface area (Å²) in [5.41, 5.74) is 6.67. The molecule has 3 rings (SSSR count). The molecule has 0 amide bonds. The minimum absolute atomic E-state index is 0.480. The highest BCUT2D eigenvalue weighted by molar-refractivity contribution is 5.65. The summed E-state index contributed by atoms with van der Waals surface area (Å²) in [4.78, 5) is 8.72. The first-order valence-corrected chi connectivity index (χ1v) is 6.60. The van der Waals surface area contributed by atoms with Gasteiger partial charge in [0.15, 0.2) is 11.5 Å². The fourth-order valence-corrected chi connectivity index (χ4v) is 2.75. The van der Waals surface area contributed by atoms with Gasteiger partial charge in [-0.2, -0.15) is 0 Å². The summed E-state index contributed by atoms with van der Waals surface area (Å²) in [5.74, 6) is 2.00. The Kier molecular flexibility index (Phi) is 2.81. The molecule has 2 unspecified atom stereocenters. The van der Waals surface area contributed by atoms with E-state index in [0.29, 0.717) is 17.8 Å². The molecule has 0 saturated heterocycles. The predicted molar refractivity (Wildman–Crippen MR) is 72.4 cm³/mol. The fraction of sp³-hybridized carbons (Fsp3) is 0.538. The number of imidazole rings is 1. The Morgan fingerprint density at radius 3 is 3.06 bits per heavy atom. The van der Waals surface area contributed by atoms with Gasteiger partial charge in [-0.05, 0) is 18.8 Å². The maximum Gasteiger partial charge on any atom is 0.180 e. The number of aromatic nitrogens is 3. The van der Waals surface area contributed by atoms with Crippen LogP contribution in [0, 0.1) is 5.92 Å². The number of hydrogen-bond donors (Lipinski definition) is 2. The van der Waals surface area contributed by atoms with Crippen molar-refractivity contribution in [2.75, 3.05) is 11.1 Å². The lowest BCUT2D eigenvalue weighted by atomic mass is 9.86. The SMILES string of the molecule is CC1CCCCC1Nc1nc(N)cn2ccnc12. The van der Waals surface area contributed by atoms with Crippen LogP contribution in [0.2, 0.25) is 0 Å². The molecule has 1 aliphatic rings. The molecular formula is C13H19N5. The minimum atomic E-state index is 0.480. The van der Waals surface area contributed by atoms with Gasteiger partial charge in [0.2, 0.25) is 0 Å².